The molecule has 1 fully saturated rings. The first-order chi connectivity index (χ1) is 3.83. The molecule has 54 valence electrons. The number of hydrogen-bond donors (Lipinski definition) is 0. The molecular weight excluding hydrogens is 140 g/mol. The van der Waals surface area contributed by atoms with Crippen molar-refractivity contribution in [2.45, 2.75) is 32.3 Å². The Kier molecular flexibility index (Phi) is 3.62. The van der Waals surface area contributed by atoms with E-state index in [2.05, 4.69) is 0 Å². The van der Waals surface area contributed by atoms with Crippen molar-refractivity contribution in [2.24, 2.45) is 0 Å². The quantitative estimate of drug-likeness (QED) is 0.558. The van der Waals surface area contributed by atoms with Gasteiger partial charge in [0, 0.05) is 6.42 Å². The normalized spacial score (nSPS) is 16.1. The molecule has 0 heterocycles. The lowest BCUT2D eigenvalue weighted by atomic mass is 10.5. The van der Waals surface area contributed by atoms with Crippen LogP contribution in [0.5, 0.6) is 0 Å². The summed E-state index contributed by atoms with van der Waals surface area (Å²) in [7, 11) is 0. The van der Waals surface area contributed by atoms with Crippen LogP contribution in [0.2, 0.25) is 0 Å². The molecule has 0 aromatic carbocycles. The Morgan fingerprint density at radius 1 is 1.67 bits per heavy atom. The molecule has 1 saturated carbocycles. The number of carbonyl (C=O) groups excluding carboxylic acids is 1. The second-order valence-electron chi connectivity index (χ2n) is 2.04. The molecule has 0 N–H and O–H groups in total. The van der Waals surface area contributed by atoms with E-state index in [-0.39, 0.29) is 24.5 Å². The number of hydrogen-bond acceptors (Lipinski definition) is 2. The van der Waals surface area contributed by atoms with Crippen LogP contribution in [0.4, 0.5) is 0 Å². The summed E-state index contributed by atoms with van der Waals surface area (Å²) in [5.74, 6) is -0.0625. The van der Waals surface area contributed by atoms with Gasteiger partial charge in [-0.2, -0.15) is 0 Å². The Hall–Kier alpha value is -0.240. The summed E-state index contributed by atoms with van der Waals surface area (Å²) in [6, 6.07) is 0. The molecule has 0 aliphatic heterocycles. The van der Waals surface area contributed by atoms with Gasteiger partial charge in [-0.3, -0.25) is 4.79 Å². The van der Waals surface area contributed by atoms with E-state index in [0.29, 0.717) is 6.42 Å². The molecule has 1 aliphatic carbocycles. The molecule has 0 unspecified atom stereocenters. The summed E-state index contributed by atoms with van der Waals surface area (Å²) in [4.78, 5) is 10.4. The Morgan fingerprint density at radius 3 is 2.56 bits per heavy atom. The van der Waals surface area contributed by atoms with Gasteiger partial charge in [0.25, 0.3) is 0 Å². The van der Waals surface area contributed by atoms with Crippen LogP contribution >= 0.6 is 12.4 Å². The highest BCUT2D eigenvalue weighted by molar-refractivity contribution is 5.85. The summed E-state index contributed by atoms with van der Waals surface area (Å²) in [5.41, 5.74) is 0. The predicted octanol–water partition coefficient (Wildman–Crippen LogP) is 1.52. The second-order valence-corrected chi connectivity index (χ2v) is 2.04. The maximum absolute atomic E-state index is 10.4. The summed E-state index contributed by atoms with van der Waals surface area (Å²) < 4.78 is 4.87. The molecule has 0 spiro atoms. The highest BCUT2D eigenvalue weighted by atomic mass is 35.5. The second kappa shape index (κ2) is 3.72. The number of halogens is 1. The van der Waals surface area contributed by atoms with E-state index >= 15 is 0 Å². The minimum absolute atomic E-state index is 0. The van der Waals surface area contributed by atoms with Crippen LogP contribution in [0.3, 0.4) is 0 Å². The van der Waals surface area contributed by atoms with Crippen LogP contribution in [0.15, 0.2) is 0 Å². The van der Waals surface area contributed by atoms with Crippen LogP contribution in [-0.4, -0.2) is 12.1 Å². The van der Waals surface area contributed by atoms with Gasteiger partial charge in [-0.1, -0.05) is 6.92 Å². The minimum atomic E-state index is -0.0625. The van der Waals surface area contributed by atoms with Crippen LogP contribution in [0, 0.1) is 0 Å². The predicted molar refractivity (Wildman–Crippen MR) is 36.7 cm³/mol. The van der Waals surface area contributed by atoms with Crippen LogP contribution in [0.25, 0.3) is 0 Å². The van der Waals surface area contributed by atoms with Gasteiger partial charge in [0.05, 0.1) is 0 Å². The smallest absolute Gasteiger partial charge is 0.305 e. The van der Waals surface area contributed by atoms with Crippen molar-refractivity contribution < 1.29 is 9.53 Å². The fraction of sp³-hybridized carbons (Fsp3) is 0.833. The average molecular weight is 151 g/mol. The minimum Gasteiger partial charge on any atom is -0.462 e. The van der Waals surface area contributed by atoms with Crippen molar-refractivity contribution in [3.8, 4) is 0 Å². The van der Waals surface area contributed by atoms with Crippen molar-refractivity contribution in [1.82, 2.24) is 0 Å². The van der Waals surface area contributed by atoms with E-state index in [4.69, 9.17) is 4.74 Å². The van der Waals surface area contributed by atoms with E-state index in [1.807, 2.05) is 6.92 Å². The lowest BCUT2D eigenvalue weighted by molar-refractivity contribution is -0.144. The van der Waals surface area contributed by atoms with Gasteiger partial charge in [-0.15, -0.1) is 12.4 Å². The van der Waals surface area contributed by atoms with Gasteiger partial charge in [0.2, 0.25) is 0 Å². The van der Waals surface area contributed by atoms with Gasteiger partial charge in [0.15, 0.2) is 0 Å². The van der Waals surface area contributed by atoms with Crippen molar-refractivity contribution in [1.29, 1.82) is 0 Å². The standard InChI is InChI=1S/C6H10O2.ClH/c1-2-6(7)8-5-3-4-5;/h5H,2-4H2,1H3;1H. The summed E-state index contributed by atoms with van der Waals surface area (Å²) in [6.07, 6.45) is 2.94. The largest absolute Gasteiger partial charge is 0.462 e. The van der Waals surface area contributed by atoms with Crippen LogP contribution in [0.1, 0.15) is 26.2 Å². The molecule has 0 radical (unpaired) electrons. The van der Waals surface area contributed by atoms with Gasteiger partial charge < -0.3 is 4.74 Å². The van der Waals surface area contributed by atoms with Gasteiger partial charge in [-0.05, 0) is 12.8 Å². The molecular formula is C6H11ClO2. The first kappa shape index (κ1) is 8.76. The third-order valence-electron chi connectivity index (χ3n) is 1.11. The number of esters is 1. The number of ether oxygens (including phenoxy) is 1. The molecule has 0 atom stereocenters. The molecule has 0 amide bonds. The van der Waals surface area contributed by atoms with E-state index in [1.165, 1.54) is 0 Å². The molecule has 2 nitrogen and oxygen atoms in total. The maximum Gasteiger partial charge on any atom is 0.305 e. The van der Waals surface area contributed by atoms with Gasteiger partial charge in [-0.25, -0.2) is 0 Å². The fourth-order valence-corrected chi connectivity index (χ4v) is 0.455. The SMILES string of the molecule is CCC(=O)OC1CC1.Cl. The zero-order valence-corrected chi connectivity index (χ0v) is 6.24. The first-order valence-electron chi connectivity index (χ1n) is 3.02. The lowest BCUT2D eigenvalue weighted by Gasteiger charge is -1.96. The van der Waals surface area contributed by atoms with Crippen molar-refractivity contribution in [3.63, 3.8) is 0 Å². The van der Waals surface area contributed by atoms with E-state index in [0.717, 1.165) is 12.8 Å². The lowest BCUT2D eigenvalue weighted by Crippen LogP contribution is -2.02. The monoisotopic (exact) mass is 150 g/mol. The van der Waals surface area contributed by atoms with E-state index in [1.54, 1.807) is 0 Å². The van der Waals surface area contributed by atoms with E-state index < -0.39 is 0 Å². The van der Waals surface area contributed by atoms with Gasteiger partial charge in [0.1, 0.15) is 6.10 Å². The molecule has 0 saturated heterocycles. The van der Waals surface area contributed by atoms with Crippen molar-refractivity contribution in [3.05, 3.63) is 0 Å². The maximum atomic E-state index is 10.4. The Bertz CT molecular complexity index is 99.2. The Balaban J connectivity index is 0.000000640. The van der Waals surface area contributed by atoms with Gasteiger partial charge >= 0.3 is 5.97 Å². The van der Waals surface area contributed by atoms with Crippen molar-refractivity contribution in [2.75, 3.05) is 0 Å². The highest BCUT2D eigenvalue weighted by Crippen LogP contribution is 2.23. The van der Waals surface area contributed by atoms with Crippen LogP contribution in [-0.2, 0) is 9.53 Å². The van der Waals surface area contributed by atoms with E-state index in [9.17, 15) is 4.79 Å². The molecule has 0 bridgehead atoms. The number of rotatable bonds is 2. The Labute approximate surface area is 61.0 Å². The molecule has 0 aromatic rings. The highest BCUT2D eigenvalue weighted by Gasteiger charge is 2.24. The molecule has 3 heteroatoms. The molecule has 9 heavy (non-hydrogen) atoms. The van der Waals surface area contributed by atoms with Crippen molar-refractivity contribution >= 4 is 18.4 Å². The third-order valence-corrected chi connectivity index (χ3v) is 1.11. The zero-order valence-electron chi connectivity index (χ0n) is 5.42. The fourth-order valence-electron chi connectivity index (χ4n) is 0.455. The average Bonchev–Trinajstić information content (AvgIpc) is 2.50. The Morgan fingerprint density at radius 2 is 2.22 bits per heavy atom. The molecule has 1 aliphatic rings. The first-order valence-corrected chi connectivity index (χ1v) is 3.02. The molecule has 1 rings (SSSR count). The summed E-state index contributed by atoms with van der Waals surface area (Å²) in [5, 5.41) is 0. The summed E-state index contributed by atoms with van der Waals surface area (Å²) in [6.45, 7) is 1.81. The summed E-state index contributed by atoms with van der Waals surface area (Å²) >= 11 is 0. The molecule has 0 aromatic heterocycles. The zero-order chi connectivity index (χ0) is 5.98. The number of carbonyl (C=O) groups is 1. The third kappa shape index (κ3) is 3.36. The topological polar surface area (TPSA) is 26.3 Å². The van der Waals surface area contributed by atoms with Crippen LogP contribution < -0.4 is 0 Å².